The molecule has 0 radical (unpaired) electrons. The lowest BCUT2D eigenvalue weighted by Gasteiger charge is -2.34. The third kappa shape index (κ3) is 3.56. The Hall–Kier alpha value is 0.620. The lowest BCUT2D eigenvalue weighted by atomic mass is 9.79. The van der Waals surface area contributed by atoms with E-state index in [1.807, 2.05) is 0 Å². The first kappa shape index (κ1) is 16.6. The minimum Gasteiger partial charge on any atom is -0.311 e. The Morgan fingerprint density at radius 2 is 1.75 bits per heavy atom. The zero-order chi connectivity index (χ0) is 10.3. The molecule has 0 aromatic heterocycles. The summed E-state index contributed by atoms with van der Waals surface area (Å²) in [5, 5.41) is 3.58. The summed E-state index contributed by atoms with van der Waals surface area (Å²) in [6, 6.07) is 1.50. The van der Waals surface area contributed by atoms with Crippen LogP contribution in [0.4, 0.5) is 0 Å². The van der Waals surface area contributed by atoms with E-state index in [-0.39, 0.29) is 27.0 Å². The average Bonchev–Trinajstić information content (AvgIpc) is 2.45. The first-order valence-electron chi connectivity index (χ1n) is 5.94. The summed E-state index contributed by atoms with van der Waals surface area (Å²) in [5.41, 5.74) is 0.487. The van der Waals surface area contributed by atoms with Gasteiger partial charge in [0.2, 0.25) is 0 Å². The van der Waals surface area contributed by atoms with E-state index in [0.717, 1.165) is 12.0 Å². The van der Waals surface area contributed by atoms with Crippen molar-refractivity contribution in [2.45, 2.75) is 46.2 Å². The summed E-state index contributed by atoms with van der Waals surface area (Å²) in [5.74, 6) is 0.889. The van der Waals surface area contributed by atoms with Crippen LogP contribution in [0.1, 0.15) is 34.1 Å². The predicted molar refractivity (Wildman–Crippen MR) is 81.1 cm³/mol. The SMILES string of the molecule is C[C@H]1CN2CC(C(C)(C)C)C[C@H]2CN1.S.S. The van der Waals surface area contributed by atoms with Crippen LogP contribution < -0.4 is 5.32 Å². The van der Waals surface area contributed by atoms with Crippen LogP contribution in [0.15, 0.2) is 0 Å². The van der Waals surface area contributed by atoms with E-state index in [0.29, 0.717) is 11.5 Å². The first-order chi connectivity index (χ1) is 6.47. The smallest absolute Gasteiger partial charge is 0.0224 e. The first-order valence-corrected chi connectivity index (χ1v) is 5.94. The van der Waals surface area contributed by atoms with E-state index in [1.165, 1.54) is 26.1 Å². The molecule has 98 valence electrons. The Bertz CT molecular complexity index is 216. The van der Waals surface area contributed by atoms with Crippen molar-refractivity contribution in [2.24, 2.45) is 11.3 Å². The fraction of sp³-hybridized carbons (Fsp3) is 1.00. The Kier molecular flexibility index (Phi) is 6.22. The minimum atomic E-state index is 0. The molecule has 0 saturated carbocycles. The summed E-state index contributed by atoms with van der Waals surface area (Å²) in [7, 11) is 0. The van der Waals surface area contributed by atoms with Crippen LogP contribution in [-0.4, -0.2) is 36.6 Å². The van der Waals surface area contributed by atoms with E-state index in [1.54, 1.807) is 0 Å². The predicted octanol–water partition coefficient (Wildman–Crippen LogP) is 1.94. The number of hydrogen-bond acceptors (Lipinski definition) is 2. The summed E-state index contributed by atoms with van der Waals surface area (Å²) < 4.78 is 0. The van der Waals surface area contributed by atoms with Crippen LogP contribution in [0.25, 0.3) is 0 Å². The van der Waals surface area contributed by atoms with Gasteiger partial charge in [-0.05, 0) is 24.7 Å². The highest BCUT2D eigenvalue weighted by molar-refractivity contribution is 7.59. The molecule has 3 atom stereocenters. The molecule has 0 spiro atoms. The largest absolute Gasteiger partial charge is 0.311 e. The third-order valence-electron chi connectivity index (χ3n) is 3.96. The zero-order valence-corrected chi connectivity index (χ0v) is 13.0. The molecule has 0 amide bonds. The maximum atomic E-state index is 3.58. The summed E-state index contributed by atoms with van der Waals surface area (Å²) >= 11 is 0. The molecular weight excluding hydrogens is 236 g/mol. The number of fused-ring (bicyclic) bond motifs is 1. The van der Waals surface area contributed by atoms with Crippen molar-refractivity contribution in [1.82, 2.24) is 10.2 Å². The highest BCUT2D eigenvalue weighted by atomic mass is 32.1. The van der Waals surface area contributed by atoms with Crippen LogP contribution in [0.2, 0.25) is 0 Å². The van der Waals surface area contributed by atoms with Crippen LogP contribution in [-0.2, 0) is 0 Å². The van der Waals surface area contributed by atoms with Gasteiger partial charge in [-0.1, -0.05) is 20.8 Å². The normalized spacial score (nSPS) is 34.9. The van der Waals surface area contributed by atoms with E-state index in [9.17, 15) is 0 Å². The van der Waals surface area contributed by atoms with Gasteiger partial charge >= 0.3 is 0 Å². The van der Waals surface area contributed by atoms with Crippen LogP contribution in [0, 0.1) is 11.3 Å². The Balaban J connectivity index is 0.00000112. The number of nitrogens with one attached hydrogen (secondary N) is 1. The molecule has 1 N–H and O–H groups in total. The monoisotopic (exact) mass is 264 g/mol. The fourth-order valence-corrected chi connectivity index (χ4v) is 2.80. The van der Waals surface area contributed by atoms with E-state index in [2.05, 4.69) is 37.9 Å². The summed E-state index contributed by atoms with van der Waals surface area (Å²) in [4.78, 5) is 2.69. The molecule has 2 heterocycles. The molecule has 0 aromatic rings. The quantitative estimate of drug-likeness (QED) is 0.719. The molecular formula is C12H28N2S2. The van der Waals surface area contributed by atoms with Crippen molar-refractivity contribution in [1.29, 1.82) is 0 Å². The maximum Gasteiger partial charge on any atom is 0.0224 e. The number of nitrogens with zero attached hydrogens (tertiary/aromatic N) is 1. The van der Waals surface area contributed by atoms with Crippen molar-refractivity contribution < 1.29 is 0 Å². The van der Waals surface area contributed by atoms with Gasteiger partial charge in [-0.15, -0.1) is 0 Å². The molecule has 2 nitrogen and oxygen atoms in total. The van der Waals surface area contributed by atoms with Crippen LogP contribution in [0.5, 0.6) is 0 Å². The van der Waals surface area contributed by atoms with E-state index in [4.69, 9.17) is 0 Å². The average molecular weight is 265 g/mol. The Labute approximate surface area is 114 Å². The van der Waals surface area contributed by atoms with Crippen molar-refractivity contribution in [3.8, 4) is 0 Å². The fourth-order valence-electron chi connectivity index (χ4n) is 2.80. The van der Waals surface area contributed by atoms with E-state index < -0.39 is 0 Å². The van der Waals surface area contributed by atoms with Gasteiger partial charge in [0.1, 0.15) is 0 Å². The number of piperazine rings is 1. The lowest BCUT2D eigenvalue weighted by molar-refractivity contribution is 0.171. The number of hydrogen-bond donors (Lipinski definition) is 1. The molecule has 2 saturated heterocycles. The van der Waals surface area contributed by atoms with Crippen molar-refractivity contribution in [3.63, 3.8) is 0 Å². The van der Waals surface area contributed by atoms with E-state index >= 15 is 0 Å². The van der Waals surface area contributed by atoms with Gasteiger partial charge in [0.25, 0.3) is 0 Å². The van der Waals surface area contributed by atoms with Crippen LogP contribution in [0.3, 0.4) is 0 Å². The molecule has 1 unspecified atom stereocenters. The van der Waals surface area contributed by atoms with Crippen LogP contribution >= 0.6 is 27.0 Å². The molecule has 2 aliphatic rings. The summed E-state index contributed by atoms with van der Waals surface area (Å²) in [6.07, 6.45) is 1.39. The second-order valence-electron chi connectivity index (χ2n) is 6.22. The molecule has 0 bridgehead atoms. The molecule has 0 aromatic carbocycles. The third-order valence-corrected chi connectivity index (χ3v) is 3.96. The molecule has 2 fully saturated rings. The van der Waals surface area contributed by atoms with Gasteiger partial charge in [0, 0.05) is 31.7 Å². The molecule has 4 heteroatoms. The maximum absolute atomic E-state index is 3.58. The Morgan fingerprint density at radius 1 is 1.12 bits per heavy atom. The molecule has 2 rings (SSSR count). The lowest BCUT2D eigenvalue weighted by Crippen LogP contribution is -2.52. The van der Waals surface area contributed by atoms with Gasteiger partial charge in [-0.3, -0.25) is 4.90 Å². The van der Waals surface area contributed by atoms with Gasteiger partial charge in [-0.2, -0.15) is 27.0 Å². The van der Waals surface area contributed by atoms with Gasteiger partial charge in [-0.25, -0.2) is 0 Å². The van der Waals surface area contributed by atoms with Crippen molar-refractivity contribution >= 4 is 27.0 Å². The highest BCUT2D eigenvalue weighted by Crippen LogP contribution is 2.37. The second-order valence-corrected chi connectivity index (χ2v) is 6.22. The zero-order valence-electron chi connectivity index (χ0n) is 11.0. The molecule has 16 heavy (non-hydrogen) atoms. The summed E-state index contributed by atoms with van der Waals surface area (Å²) in [6.45, 7) is 13.2. The van der Waals surface area contributed by atoms with Gasteiger partial charge < -0.3 is 5.32 Å². The van der Waals surface area contributed by atoms with Gasteiger partial charge in [0.15, 0.2) is 0 Å². The Morgan fingerprint density at radius 3 is 2.31 bits per heavy atom. The standard InChI is InChI=1S/C12H24N2.2H2S/c1-9-7-14-8-10(12(2,3)4)5-11(14)6-13-9;;/h9-11,13H,5-8H2,1-4H3;2*1H2/t9-,10?,11-;;/m0../s1. The topological polar surface area (TPSA) is 15.3 Å². The second kappa shape index (κ2) is 5.98. The minimum absolute atomic E-state index is 0. The van der Waals surface area contributed by atoms with Gasteiger partial charge in [0.05, 0.1) is 0 Å². The highest BCUT2D eigenvalue weighted by Gasteiger charge is 2.39. The number of rotatable bonds is 0. The molecule has 0 aliphatic carbocycles. The van der Waals surface area contributed by atoms with Crippen molar-refractivity contribution in [2.75, 3.05) is 19.6 Å². The molecule has 2 aliphatic heterocycles. The van der Waals surface area contributed by atoms with Crippen molar-refractivity contribution in [3.05, 3.63) is 0 Å².